The Kier molecular flexibility index (Phi) is 5.65. The highest BCUT2D eigenvalue weighted by Gasteiger charge is 2.19. The van der Waals surface area contributed by atoms with E-state index >= 15 is 0 Å². The molecule has 2 aromatic heterocycles. The van der Waals surface area contributed by atoms with Gasteiger partial charge < -0.3 is 9.30 Å². The minimum atomic E-state index is -0.517. The van der Waals surface area contributed by atoms with Crippen molar-refractivity contribution in [2.24, 2.45) is 7.05 Å². The third-order valence-corrected chi connectivity index (χ3v) is 5.05. The van der Waals surface area contributed by atoms with Gasteiger partial charge in [-0.15, -0.1) is 6.42 Å². The topological polar surface area (TPSA) is 71.1 Å². The second-order valence-electron chi connectivity index (χ2n) is 7.10. The van der Waals surface area contributed by atoms with Gasteiger partial charge in [0.25, 0.3) is 5.56 Å². The Bertz CT molecular complexity index is 1520. The van der Waals surface area contributed by atoms with Crippen LogP contribution in [-0.2, 0) is 20.1 Å². The molecule has 0 amide bonds. The molecule has 0 radical (unpaired) electrons. The summed E-state index contributed by atoms with van der Waals surface area (Å²) in [6.07, 6.45) is 5.38. The lowest BCUT2D eigenvalue weighted by Crippen LogP contribution is -2.39. The number of methoxy groups -OCH3 is 1. The molecule has 0 unspecified atom stereocenters. The summed E-state index contributed by atoms with van der Waals surface area (Å²) in [4.78, 5) is 30.4. The van der Waals surface area contributed by atoms with Crippen LogP contribution in [0.2, 0.25) is 0 Å². The largest absolute Gasteiger partial charge is 0.497 e. The lowest BCUT2D eigenvalue weighted by molar-refractivity contribution is 0.414. The number of nitrogens with zero attached hydrogens (tertiary/aromatic N) is 4. The van der Waals surface area contributed by atoms with Crippen molar-refractivity contribution in [1.82, 2.24) is 18.7 Å². The van der Waals surface area contributed by atoms with Crippen molar-refractivity contribution >= 4 is 11.2 Å². The van der Waals surface area contributed by atoms with Crippen molar-refractivity contribution in [1.29, 1.82) is 0 Å². The first kappa shape index (κ1) is 20.8. The molecule has 0 aliphatic carbocycles. The summed E-state index contributed by atoms with van der Waals surface area (Å²) >= 11 is 0. The molecule has 0 N–H and O–H groups in total. The molecule has 0 saturated carbocycles. The van der Waals surface area contributed by atoms with Crippen LogP contribution in [0.25, 0.3) is 11.2 Å². The lowest BCUT2D eigenvalue weighted by Gasteiger charge is -2.08. The molecule has 0 spiro atoms. The molecule has 7 nitrogen and oxygen atoms in total. The quantitative estimate of drug-likeness (QED) is 0.470. The zero-order valence-corrected chi connectivity index (χ0v) is 17.7. The summed E-state index contributed by atoms with van der Waals surface area (Å²) in [5.74, 6) is 9.57. The van der Waals surface area contributed by atoms with E-state index in [1.807, 2.05) is 54.6 Å². The number of hydrogen-bond donors (Lipinski definition) is 0. The van der Waals surface area contributed by atoms with Crippen LogP contribution in [0.4, 0.5) is 0 Å². The monoisotopic (exact) mass is 424 g/mol. The number of imidazole rings is 1. The highest BCUT2D eigenvalue weighted by molar-refractivity contribution is 5.72. The summed E-state index contributed by atoms with van der Waals surface area (Å²) in [5.41, 5.74) is 1.24. The average molecular weight is 424 g/mol. The van der Waals surface area contributed by atoms with Crippen LogP contribution in [0, 0.1) is 24.2 Å². The molecule has 0 atom stereocenters. The third-order valence-electron chi connectivity index (χ3n) is 5.05. The minimum absolute atomic E-state index is 0.122. The van der Waals surface area contributed by atoms with Gasteiger partial charge in [-0.2, -0.15) is 0 Å². The molecule has 7 heteroatoms. The predicted octanol–water partition coefficient (Wildman–Crippen LogP) is 1.99. The van der Waals surface area contributed by atoms with Gasteiger partial charge in [-0.05, 0) is 29.7 Å². The number of fused-ring (bicyclic) bond motifs is 1. The smallest absolute Gasteiger partial charge is 0.333 e. The molecular formula is C25H20N4O3. The van der Waals surface area contributed by atoms with Gasteiger partial charge in [-0.25, -0.2) is 14.3 Å². The van der Waals surface area contributed by atoms with Crippen LogP contribution in [0.15, 0.2) is 64.2 Å². The summed E-state index contributed by atoms with van der Waals surface area (Å²) in [6.45, 7) is 0.242. The molecule has 2 aromatic carbocycles. The van der Waals surface area contributed by atoms with Gasteiger partial charge in [-0.1, -0.05) is 48.2 Å². The van der Waals surface area contributed by atoms with Gasteiger partial charge in [0.1, 0.15) is 5.75 Å². The predicted molar refractivity (Wildman–Crippen MR) is 123 cm³/mol. The fourth-order valence-corrected chi connectivity index (χ4v) is 3.45. The summed E-state index contributed by atoms with van der Waals surface area (Å²) < 4.78 is 9.34. The summed E-state index contributed by atoms with van der Waals surface area (Å²) in [7, 11) is 3.16. The van der Waals surface area contributed by atoms with Crippen LogP contribution in [-0.4, -0.2) is 25.8 Å². The van der Waals surface area contributed by atoms with Crippen molar-refractivity contribution in [3.05, 3.63) is 92.4 Å². The molecule has 32 heavy (non-hydrogen) atoms. The lowest BCUT2D eigenvalue weighted by atomic mass is 10.2. The van der Waals surface area contributed by atoms with Crippen LogP contribution >= 0.6 is 0 Å². The minimum Gasteiger partial charge on any atom is -0.497 e. The molecule has 4 aromatic rings. The Balaban J connectivity index is 1.97. The molecule has 158 valence electrons. The number of aryl methyl sites for hydroxylation is 1. The maximum Gasteiger partial charge on any atom is 0.333 e. The van der Waals surface area contributed by atoms with E-state index in [-0.39, 0.29) is 17.7 Å². The molecule has 0 saturated heterocycles. The maximum absolute atomic E-state index is 13.2. The molecule has 2 heterocycles. The Hall–Kier alpha value is -4.49. The zero-order chi connectivity index (χ0) is 22.7. The first-order chi connectivity index (χ1) is 15.5. The number of rotatable bonds is 4. The van der Waals surface area contributed by atoms with E-state index in [2.05, 4.69) is 22.7 Å². The average Bonchev–Trinajstić information content (AvgIpc) is 3.18. The van der Waals surface area contributed by atoms with E-state index in [0.717, 1.165) is 15.7 Å². The van der Waals surface area contributed by atoms with Crippen LogP contribution in [0.3, 0.4) is 0 Å². The van der Waals surface area contributed by atoms with Gasteiger partial charge >= 0.3 is 5.69 Å². The SMILES string of the molecule is C#CCn1c(=O)c2c(nc(C#Cc3cccc(OC)c3)n2Cc2ccccc2)n(C)c1=O. The van der Waals surface area contributed by atoms with Crippen LogP contribution in [0.1, 0.15) is 17.0 Å². The normalized spacial score (nSPS) is 10.4. The number of terminal acetylenes is 1. The van der Waals surface area contributed by atoms with Crippen molar-refractivity contribution in [2.45, 2.75) is 13.1 Å². The second-order valence-corrected chi connectivity index (χ2v) is 7.10. The van der Waals surface area contributed by atoms with Gasteiger partial charge in [-0.3, -0.25) is 9.36 Å². The number of aromatic nitrogens is 4. The Morgan fingerprint density at radius 1 is 1.03 bits per heavy atom. The molecule has 0 bridgehead atoms. The standard InChI is InChI=1S/C25H20N4O3/c1-4-15-28-24(30)22-23(27(2)25(28)31)26-21(29(22)17-19-9-6-5-7-10-19)14-13-18-11-8-12-20(16-18)32-3/h1,5-12,16H,15,17H2,2-3H3. The highest BCUT2D eigenvalue weighted by atomic mass is 16.5. The van der Waals surface area contributed by atoms with E-state index in [9.17, 15) is 9.59 Å². The van der Waals surface area contributed by atoms with Gasteiger partial charge in [0.05, 0.1) is 20.2 Å². The van der Waals surface area contributed by atoms with Crippen molar-refractivity contribution in [3.8, 4) is 29.9 Å². The second kappa shape index (κ2) is 8.71. The number of benzene rings is 2. The van der Waals surface area contributed by atoms with Crippen molar-refractivity contribution in [2.75, 3.05) is 7.11 Å². The highest BCUT2D eigenvalue weighted by Crippen LogP contribution is 2.15. The van der Waals surface area contributed by atoms with E-state index in [1.54, 1.807) is 18.7 Å². The Labute approximate surface area is 184 Å². The number of ether oxygens (including phenoxy) is 1. The van der Waals surface area contributed by atoms with Crippen molar-refractivity contribution in [3.63, 3.8) is 0 Å². The first-order valence-corrected chi connectivity index (χ1v) is 9.87. The molecule has 0 aliphatic rings. The molecular weight excluding hydrogens is 404 g/mol. The van der Waals surface area contributed by atoms with Gasteiger partial charge in [0.2, 0.25) is 0 Å². The van der Waals surface area contributed by atoms with Crippen molar-refractivity contribution < 1.29 is 4.74 Å². The first-order valence-electron chi connectivity index (χ1n) is 9.87. The fraction of sp³-hybridized carbons (Fsp3) is 0.160. The zero-order valence-electron chi connectivity index (χ0n) is 17.7. The van der Waals surface area contributed by atoms with E-state index < -0.39 is 11.2 Å². The molecule has 4 rings (SSSR count). The summed E-state index contributed by atoms with van der Waals surface area (Å²) in [6, 6.07) is 17.0. The van der Waals surface area contributed by atoms with E-state index in [4.69, 9.17) is 11.2 Å². The molecule has 0 aliphatic heterocycles. The van der Waals surface area contributed by atoms with Crippen LogP contribution in [0.5, 0.6) is 5.75 Å². The third kappa shape index (κ3) is 3.80. The Morgan fingerprint density at radius 3 is 2.53 bits per heavy atom. The Morgan fingerprint density at radius 2 is 1.81 bits per heavy atom. The fourth-order valence-electron chi connectivity index (χ4n) is 3.45. The van der Waals surface area contributed by atoms with E-state index in [1.165, 1.54) is 4.57 Å². The van der Waals surface area contributed by atoms with Gasteiger partial charge in [0, 0.05) is 12.6 Å². The van der Waals surface area contributed by atoms with Gasteiger partial charge in [0.15, 0.2) is 17.0 Å². The molecule has 0 fully saturated rings. The maximum atomic E-state index is 13.2. The van der Waals surface area contributed by atoms with Crippen LogP contribution < -0.4 is 16.0 Å². The number of hydrogen-bond acceptors (Lipinski definition) is 4. The summed E-state index contributed by atoms with van der Waals surface area (Å²) in [5, 5.41) is 0. The van der Waals surface area contributed by atoms with E-state index in [0.29, 0.717) is 18.1 Å².